The number of amides is 2. The highest BCUT2D eigenvalue weighted by atomic mass is 16.5. The summed E-state index contributed by atoms with van der Waals surface area (Å²) < 4.78 is 10.6. The van der Waals surface area contributed by atoms with Crippen molar-refractivity contribution in [3.8, 4) is 11.5 Å². The molecule has 0 aliphatic heterocycles. The quantitative estimate of drug-likeness (QED) is 0.707. The zero-order valence-electron chi connectivity index (χ0n) is 16.4. The summed E-state index contributed by atoms with van der Waals surface area (Å²) in [5.74, 6) is 0.0435. The Kier molecular flexibility index (Phi) is 7.14. The Balaban J connectivity index is 1.92. The van der Waals surface area contributed by atoms with Gasteiger partial charge in [-0.2, -0.15) is 0 Å². The molecule has 0 aliphatic rings. The molecule has 2 rings (SSSR count). The first-order valence-corrected chi connectivity index (χ1v) is 8.71. The molecule has 0 aromatic heterocycles. The molecule has 0 fully saturated rings. The van der Waals surface area contributed by atoms with Gasteiger partial charge >= 0.3 is 0 Å². The molecule has 0 saturated carbocycles. The molecule has 0 bridgehead atoms. The summed E-state index contributed by atoms with van der Waals surface area (Å²) in [6.07, 6.45) is 0.694. The molecule has 7 heteroatoms. The number of likely N-dealkylation sites (N-methyl/N-ethyl adjacent to an activating group) is 1. The molecular formula is C21H24N2O5. The summed E-state index contributed by atoms with van der Waals surface area (Å²) in [7, 11) is 2.98. The minimum Gasteiger partial charge on any atom is -0.493 e. The van der Waals surface area contributed by atoms with Crippen molar-refractivity contribution in [2.45, 2.75) is 13.8 Å². The van der Waals surface area contributed by atoms with Gasteiger partial charge in [-0.3, -0.25) is 14.4 Å². The van der Waals surface area contributed by atoms with Crippen LogP contribution in [0.15, 0.2) is 36.4 Å². The molecule has 0 radical (unpaired) electrons. The van der Waals surface area contributed by atoms with E-state index in [0.717, 1.165) is 16.8 Å². The minimum atomic E-state index is -0.363. The van der Waals surface area contributed by atoms with E-state index in [1.807, 2.05) is 32.0 Å². The molecule has 148 valence electrons. The van der Waals surface area contributed by atoms with E-state index < -0.39 is 0 Å². The van der Waals surface area contributed by atoms with Crippen molar-refractivity contribution in [1.29, 1.82) is 0 Å². The number of carbonyl (C=O) groups excluding carboxylic acids is 3. The molecule has 0 aliphatic carbocycles. The van der Waals surface area contributed by atoms with Crippen LogP contribution in [0.4, 0.5) is 5.69 Å². The van der Waals surface area contributed by atoms with E-state index in [-0.39, 0.29) is 25.0 Å². The van der Waals surface area contributed by atoms with E-state index in [2.05, 4.69) is 5.32 Å². The topological polar surface area (TPSA) is 84.9 Å². The number of ether oxygens (including phenoxy) is 2. The lowest BCUT2D eigenvalue weighted by atomic mass is 10.1. The van der Waals surface area contributed by atoms with Gasteiger partial charge in [0.1, 0.15) is 6.29 Å². The Morgan fingerprint density at radius 2 is 1.79 bits per heavy atom. The van der Waals surface area contributed by atoms with Crippen molar-refractivity contribution >= 4 is 23.8 Å². The van der Waals surface area contributed by atoms with Crippen LogP contribution in [0.2, 0.25) is 0 Å². The van der Waals surface area contributed by atoms with Gasteiger partial charge in [0.25, 0.3) is 5.91 Å². The molecule has 28 heavy (non-hydrogen) atoms. The first-order chi connectivity index (χ1) is 13.3. The molecule has 0 heterocycles. The van der Waals surface area contributed by atoms with Crippen molar-refractivity contribution in [2.75, 3.05) is 32.6 Å². The molecule has 0 atom stereocenters. The number of nitrogens with one attached hydrogen (secondary N) is 1. The van der Waals surface area contributed by atoms with Crippen molar-refractivity contribution in [1.82, 2.24) is 4.90 Å². The second-order valence-electron chi connectivity index (χ2n) is 6.38. The maximum absolute atomic E-state index is 12.3. The van der Waals surface area contributed by atoms with Crippen molar-refractivity contribution in [3.63, 3.8) is 0 Å². The third-order valence-corrected chi connectivity index (χ3v) is 4.23. The first-order valence-electron chi connectivity index (χ1n) is 8.71. The highest BCUT2D eigenvalue weighted by Crippen LogP contribution is 2.27. The normalized spacial score (nSPS) is 10.1. The summed E-state index contributed by atoms with van der Waals surface area (Å²) in [4.78, 5) is 36.7. The summed E-state index contributed by atoms with van der Waals surface area (Å²) in [5, 5.41) is 2.84. The Morgan fingerprint density at radius 3 is 2.39 bits per heavy atom. The molecule has 2 aromatic carbocycles. The van der Waals surface area contributed by atoms with E-state index in [1.165, 1.54) is 25.1 Å². The predicted molar refractivity (Wildman–Crippen MR) is 106 cm³/mol. The maximum Gasteiger partial charge on any atom is 0.260 e. The zero-order chi connectivity index (χ0) is 20.7. The molecule has 2 aromatic rings. The molecule has 1 N–H and O–H groups in total. The average Bonchev–Trinajstić information content (AvgIpc) is 2.68. The lowest BCUT2D eigenvalue weighted by Crippen LogP contribution is -2.37. The zero-order valence-corrected chi connectivity index (χ0v) is 16.4. The van der Waals surface area contributed by atoms with Crippen LogP contribution < -0.4 is 14.8 Å². The largest absolute Gasteiger partial charge is 0.493 e. The second kappa shape index (κ2) is 9.55. The molecule has 7 nitrogen and oxygen atoms in total. The monoisotopic (exact) mass is 384 g/mol. The van der Waals surface area contributed by atoms with Crippen LogP contribution >= 0.6 is 0 Å². The van der Waals surface area contributed by atoms with Gasteiger partial charge in [0.05, 0.1) is 13.7 Å². The van der Waals surface area contributed by atoms with Crippen molar-refractivity contribution < 1.29 is 23.9 Å². The average molecular weight is 384 g/mol. The number of anilines is 1. The molecule has 2 amide bonds. The fourth-order valence-corrected chi connectivity index (χ4v) is 2.62. The van der Waals surface area contributed by atoms with Gasteiger partial charge in [-0.25, -0.2) is 0 Å². The summed E-state index contributed by atoms with van der Waals surface area (Å²) >= 11 is 0. The van der Waals surface area contributed by atoms with Crippen molar-refractivity contribution in [2.24, 2.45) is 0 Å². The van der Waals surface area contributed by atoms with E-state index in [0.29, 0.717) is 23.3 Å². The highest BCUT2D eigenvalue weighted by molar-refractivity contribution is 5.95. The smallest absolute Gasteiger partial charge is 0.260 e. The van der Waals surface area contributed by atoms with Crippen LogP contribution in [0.1, 0.15) is 21.5 Å². The molecule has 0 saturated heterocycles. The van der Waals surface area contributed by atoms with Gasteiger partial charge in [-0.1, -0.05) is 18.2 Å². The molecular weight excluding hydrogens is 360 g/mol. The third-order valence-electron chi connectivity index (χ3n) is 4.23. The van der Waals surface area contributed by atoms with Gasteiger partial charge in [-0.05, 0) is 43.2 Å². The lowest BCUT2D eigenvalue weighted by molar-refractivity contribution is -0.135. The number of hydrogen-bond donors (Lipinski definition) is 1. The van der Waals surface area contributed by atoms with Crippen LogP contribution in [0.3, 0.4) is 0 Å². The number of hydrogen-bond acceptors (Lipinski definition) is 5. The van der Waals surface area contributed by atoms with Crippen LogP contribution in [-0.4, -0.2) is 50.3 Å². The Bertz CT molecular complexity index is 859. The fraction of sp³-hybridized carbons (Fsp3) is 0.286. The molecule has 0 unspecified atom stereocenters. The number of methoxy groups -OCH3 is 1. The SMILES string of the molecule is COc1cc(C=O)ccc1OCC(=O)N(C)CC(=O)Nc1c(C)cccc1C. The fourth-order valence-electron chi connectivity index (χ4n) is 2.62. The van der Waals surface area contributed by atoms with Gasteiger partial charge in [0, 0.05) is 18.3 Å². The van der Waals surface area contributed by atoms with Gasteiger partial charge in [0.2, 0.25) is 5.91 Å². The van der Waals surface area contributed by atoms with Crippen LogP contribution in [0, 0.1) is 13.8 Å². The Hall–Kier alpha value is -3.35. The second-order valence-corrected chi connectivity index (χ2v) is 6.38. The highest BCUT2D eigenvalue weighted by Gasteiger charge is 2.16. The number of aldehydes is 1. The first kappa shape index (κ1) is 21.0. The number of aryl methyl sites for hydroxylation is 2. The van der Waals surface area contributed by atoms with Gasteiger partial charge in [-0.15, -0.1) is 0 Å². The van der Waals surface area contributed by atoms with E-state index in [4.69, 9.17) is 9.47 Å². The number of benzene rings is 2. The summed E-state index contributed by atoms with van der Waals surface area (Å²) in [5.41, 5.74) is 3.11. The van der Waals surface area contributed by atoms with Crippen LogP contribution in [0.5, 0.6) is 11.5 Å². The summed E-state index contributed by atoms with van der Waals surface area (Å²) in [6.45, 7) is 3.46. The van der Waals surface area contributed by atoms with Crippen molar-refractivity contribution in [3.05, 3.63) is 53.1 Å². The van der Waals surface area contributed by atoms with E-state index in [9.17, 15) is 14.4 Å². The number of para-hydroxylation sites is 1. The Morgan fingerprint density at radius 1 is 1.11 bits per heavy atom. The maximum atomic E-state index is 12.3. The standard InChI is InChI=1S/C21H24N2O5/c1-14-6-5-7-15(2)21(14)22-19(25)11-23(3)20(26)13-28-17-9-8-16(12-24)10-18(17)27-4/h5-10,12H,11,13H2,1-4H3,(H,22,25). The lowest BCUT2D eigenvalue weighted by Gasteiger charge is -2.19. The van der Waals surface area contributed by atoms with E-state index in [1.54, 1.807) is 12.1 Å². The number of rotatable bonds is 8. The minimum absolute atomic E-state index is 0.100. The van der Waals surface area contributed by atoms with Crippen LogP contribution in [-0.2, 0) is 9.59 Å². The summed E-state index contributed by atoms with van der Waals surface area (Å²) in [6, 6.07) is 10.4. The van der Waals surface area contributed by atoms with Gasteiger partial charge in [0.15, 0.2) is 18.1 Å². The predicted octanol–water partition coefficient (Wildman–Crippen LogP) is 2.60. The number of nitrogens with zero attached hydrogens (tertiary/aromatic N) is 1. The third kappa shape index (κ3) is 5.33. The van der Waals surface area contributed by atoms with Crippen LogP contribution in [0.25, 0.3) is 0 Å². The number of carbonyl (C=O) groups is 3. The van der Waals surface area contributed by atoms with E-state index >= 15 is 0 Å². The Labute approximate surface area is 164 Å². The molecule has 0 spiro atoms. The van der Waals surface area contributed by atoms with Gasteiger partial charge < -0.3 is 19.7 Å².